The highest BCUT2D eigenvalue weighted by atomic mass is 16.5. The summed E-state index contributed by atoms with van der Waals surface area (Å²) in [7, 11) is 1.61. The van der Waals surface area contributed by atoms with Crippen LogP contribution in [-0.4, -0.2) is 30.8 Å². The number of rotatable bonds is 6. The van der Waals surface area contributed by atoms with Crippen molar-refractivity contribution in [3.8, 4) is 11.5 Å². The molecular formula is C15H25N3O2. The number of benzene rings is 1. The Morgan fingerprint density at radius 1 is 1.40 bits per heavy atom. The van der Waals surface area contributed by atoms with Crippen LogP contribution < -0.4 is 15.4 Å². The second-order valence-electron chi connectivity index (χ2n) is 4.64. The molecule has 3 N–H and O–H groups in total. The smallest absolute Gasteiger partial charge is 0.191 e. The molecule has 5 nitrogen and oxygen atoms in total. The van der Waals surface area contributed by atoms with Crippen LogP contribution >= 0.6 is 0 Å². The number of phenolic OH excluding ortho intramolecular Hbond substituents is 1. The van der Waals surface area contributed by atoms with E-state index in [9.17, 15) is 5.11 Å². The molecular weight excluding hydrogens is 254 g/mol. The van der Waals surface area contributed by atoms with Crippen LogP contribution in [0.25, 0.3) is 0 Å². The van der Waals surface area contributed by atoms with E-state index >= 15 is 0 Å². The van der Waals surface area contributed by atoms with Crippen LogP contribution in [0.1, 0.15) is 32.8 Å². The maximum atomic E-state index is 9.84. The second kappa shape index (κ2) is 8.30. The summed E-state index contributed by atoms with van der Waals surface area (Å²) in [6, 6.07) is 5.50. The maximum absolute atomic E-state index is 9.84. The lowest BCUT2D eigenvalue weighted by Crippen LogP contribution is -2.41. The van der Waals surface area contributed by atoms with E-state index in [1.54, 1.807) is 25.3 Å². The standard InChI is InChI=1S/C15H25N3O2/c1-5-11(3)18-15(16-6-2)17-10-12-9-13(20-4)7-8-14(12)19/h7-9,11,19H,5-6,10H2,1-4H3,(H2,16,17,18). The molecule has 1 atom stereocenters. The third-order valence-corrected chi connectivity index (χ3v) is 3.03. The van der Waals surface area contributed by atoms with Crippen LogP contribution in [0.4, 0.5) is 0 Å². The topological polar surface area (TPSA) is 65.9 Å². The van der Waals surface area contributed by atoms with Crippen molar-refractivity contribution in [1.29, 1.82) is 0 Å². The number of nitrogens with zero attached hydrogens (tertiary/aromatic N) is 1. The van der Waals surface area contributed by atoms with Gasteiger partial charge >= 0.3 is 0 Å². The largest absolute Gasteiger partial charge is 0.508 e. The van der Waals surface area contributed by atoms with Gasteiger partial charge in [-0.05, 0) is 38.5 Å². The summed E-state index contributed by atoms with van der Waals surface area (Å²) in [5, 5.41) is 16.3. The van der Waals surface area contributed by atoms with Gasteiger partial charge in [0.2, 0.25) is 0 Å². The zero-order valence-electron chi connectivity index (χ0n) is 12.7. The molecule has 5 heteroatoms. The lowest BCUT2D eigenvalue weighted by Gasteiger charge is -2.16. The molecule has 1 rings (SSSR count). The van der Waals surface area contributed by atoms with Crippen LogP contribution in [0.5, 0.6) is 11.5 Å². The van der Waals surface area contributed by atoms with E-state index in [4.69, 9.17) is 4.74 Å². The molecule has 0 aliphatic heterocycles. The third kappa shape index (κ3) is 4.99. The molecule has 0 bridgehead atoms. The van der Waals surface area contributed by atoms with Gasteiger partial charge in [-0.15, -0.1) is 0 Å². The summed E-state index contributed by atoms with van der Waals surface area (Å²) in [6.07, 6.45) is 1.02. The van der Waals surface area contributed by atoms with E-state index in [0.717, 1.165) is 24.5 Å². The Hall–Kier alpha value is -1.91. The van der Waals surface area contributed by atoms with Gasteiger partial charge in [-0.1, -0.05) is 6.92 Å². The van der Waals surface area contributed by atoms with Crippen LogP contribution in [-0.2, 0) is 6.54 Å². The minimum atomic E-state index is 0.230. The van der Waals surface area contributed by atoms with Crippen LogP contribution in [0.15, 0.2) is 23.2 Å². The van der Waals surface area contributed by atoms with Gasteiger partial charge in [0.1, 0.15) is 11.5 Å². The van der Waals surface area contributed by atoms with Gasteiger partial charge in [-0.3, -0.25) is 0 Å². The number of hydrogen-bond donors (Lipinski definition) is 3. The fraction of sp³-hybridized carbons (Fsp3) is 0.533. The van der Waals surface area contributed by atoms with E-state index in [1.807, 2.05) is 6.92 Å². The highest BCUT2D eigenvalue weighted by Crippen LogP contribution is 2.23. The highest BCUT2D eigenvalue weighted by molar-refractivity contribution is 5.80. The van der Waals surface area contributed by atoms with Crippen molar-refractivity contribution >= 4 is 5.96 Å². The van der Waals surface area contributed by atoms with Gasteiger partial charge in [0, 0.05) is 18.2 Å². The molecule has 1 aromatic carbocycles. The van der Waals surface area contributed by atoms with Crippen molar-refractivity contribution in [3.05, 3.63) is 23.8 Å². The summed E-state index contributed by atoms with van der Waals surface area (Å²) >= 11 is 0. The molecule has 0 saturated carbocycles. The normalized spacial score (nSPS) is 12.9. The van der Waals surface area contributed by atoms with Crippen molar-refractivity contribution in [2.45, 2.75) is 39.8 Å². The van der Waals surface area contributed by atoms with E-state index in [2.05, 4.69) is 29.5 Å². The Bertz CT molecular complexity index is 447. The number of aliphatic imine (C=N–C) groups is 1. The Labute approximate surface area is 121 Å². The van der Waals surface area contributed by atoms with Crippen molar-refractivity contribution in [3.63, 3.8) is 0 Å². The first kappa shape index (κ1) is 16.1. The summed E-state index contributed by atoms with van der Waals surface area (Å²) in [5.74, 6) is 1.70. The number of phenols is 1. The van der Waals surface area contributed by atoms with Crippen LogP contribution in [0, 0.1) is 0 Å². The summed E-state index contributed by atoms with van der Waals surface area (Å²) in [4.78, 5) is 4.49. The molecule has 0 fully saturated rings. The van der Waals surface area contributed by atoms with Crippen molar-refractivity contribution < 1.29 is 9.84 Å². The van der Waals surface area contributed by atoms with Crippen LogP contribution in [0.3, 0.4) is 0 Å². The molecule has 1 unspecified atom stereocenters. The maximum Gasteiger partial charge on any atom is 0.191 e. The quantitative estimate of drug-likeness (QED) is 0.552. The lowest BCUT2D eigenvalue weighted by molar-refractivity contribution is 0.411. The van der Waals surface area contributed by atoms with Gasteiger partial charge in [0.05, 0.1) is 13.7 Å². The molecule has 0 saturated heterocycles. The first-order valence-electron chi connectivity index (χ1n) is 7.01. The third-order valence-electron chi connectivity index (χ3n) is 3.03. The number of nitrogens with one attached hydrogen (secondary N) is 2. The number of hydrogen-bond acceptors (Lipinski definition) is 3. The second-order valence-corrected chi connectivity index (χ2v) is 4.64. The lowest BCUT2D eigenvalue weighted by atomic mass is 10.2. The fourth-order valence-electron chi connectivity index (χ4n) is 1.64. The molecule has 0 amide bonds. The van der Waals surface area contributed by atoms with Gasteiger partial charge in [-0.25, -0.2) is 4.99 Å². The number of ether oxygens (including phenoxy) is 1. The van der Waals surface area contributed by atoms with Gasteiger partial charge in [0.25, 0.3) is 0 Å². The van der Waals surface area contributed by atoms with E-state index in [-0.39, 0.29) is 5.75 Å². The Morgan fingerprint density at radius 2 is 2.15 bits per heavy atom. The highest BCUT2D eigenvalue weighted by Gasteiger charge is 2.05. The van der Waals surface area contributed by atoms with Crippen molar-refractivity contribution in [2.75, 3.05) is 13.7 Å². The summed E-state index contributed by atoms with van der Waals surface area (Å²) < 4.78 is 5.16. The minimum absolute atomic E-state index is 0.230. The molecule has 0 aliphatic rings. The van der Waals surface area contributed by atoms with Gasteiger partial charge < -0.3 is 20.5 Å². The predicted molar refractivity (Wildman–Crippen MR) is 82.4 cm³/mol. The monoisotopic (exact) mass is 279 g/mol. The predicted octanol–water partition coefficient (Wildman–Crippen LogP) is 2.25. The van der Waals surface area contributed by atoms with Gasteiger partial charge in [-0.2, -0.15) is 0 Å². The summed E-state index contributed by atoms with van der Waals surface area (Å²) in [5.41, 5.74) is 0.741. The SMILES string of the molecule is CCNC(=NCc1cc(OC)ccc1O)NC(C)CC. The van der Waals surface area contributed by atoms with Crippen molar-refractivity contribution in [1.82, 2.24) is 10.6 Å². The molecule has 0 heterocycles. The molecule has 20 heavy (non-hydrogen) atoms. The number of methoxy groups -OCH3 is 1. The number of guanidine groups is 1. The Balaban J connectivity index is 2.80. The van der Waals surface area contributed by atoms with E-state index in [0.29, 0.717) is 18.3 Å². The first-order valence-corrected chi connectivity index (χ1v) is 7.01. The van der Waals surface area contributed by atoms with Crippen LogP contribution in [0.2, 0.25) is 0 Å². The molecule has 0 radical (unpaired) electrons. The fourth-order valence-corrected chi connectivity index (χ4v) is 1.64. The zero-order valence-corrected chi connectivity index (χ0v) is 12.7. The molecule has 0 aromatic heterocycles. The zero-order chi connectivity index (χ0) is 15.0. The first-order chi connectivity index (χ1) is 9.60. The Kier molecular flexibility index (Phi) is 6.70. The van der Waals surface area contributed by atoms with E-state index in [1.165, 1.54) is 0 Å². The number of aromatic hydroxyl groups is 1. The Morgan fingerprint density at radius 3 is 2.75 bits per heavy atom. The average Bonchev–Trinajstić information content (AvgIpc) is 2.46. The summed E-state index contributed by atoms with van der Waals surface area (Å²) in [6.45, 7) is 7.45. The van der Waals surface area contributed by atoms with Crippen molar-refractivity contribution in [2.24, 2.45) is 4.99 Å². The van der Waals surface area contributed by atoms with Gasteiger partial charge in [0.15, 0.2) is 5.96 Å². The molecule has 112 valence electrons. The minimum Gasteiger partial charge on any atom is -0.508 e. The molecule has 0 aliphatic carbocycles. The molecule has 0 spiro atoms. The molecule has 1 aromatic rings. The average molecular weight is 279 g/mol. The van der Waals surface area contributed by atoms with E-state index < -0.39 is 0 Å².